The van der Waals surface area contributed by atoms with Crippen LogP contribution in [-0.4, -0.2) is 53.9 Å². The van der Waals surface area contributed by atoms with Crippen LogP contribution in [0.15, 0.2) is 59.6 Å². The Labute approximate surface area is 189 Å². The largest absolute Gasteiger partial charge is 0.494 e. The molecule has 1 fully saturated rings. The first-order valence-corrected chi connectivity index (χ1v) is 12.2. The van der Waals surface area contributed by atoms with Crippen molar-refractivity contribution in [2.45, 2.75) is 43.1 Å². The van der Waals surface area contributed by atoms with Gasteiger partial charge in [-0.25, -0.2) is 0 Å². The monoisotopic (exact) mass is 439 g/mol. The van der Waals surface area contributed by atoms with Crippen LogP contribution in [0.5, 0.6) is 5.75 Å². The molecule has 0 bridgehead atoms. The minimum Gasteiger partial charge on any atom is -0.494 e. The average molecular weight is 440 g/mol. The van der Waals surface area contributed by atoms with Crippen molar-refractivity contribution in [2.24, 2.45) is 0 Å². The zero-order valence-corrected chi connectivity index (χ0v) is 18.9. The summed E-state index contributed by atoms with van der Waals surface area (Å²) in [4.78, 5) is 6.96. The highest BCUT2D eigenvalue weighted by atomic mass is 32.2. The lowest BCUT2D eigenvalue weighted by atomic mass is 10.1. The number of aliphatic hydroxyl groups excluding tert-OH is 1. The molecule has 3 N–H and O–H groups in total. The Morgan fingerprint density at radius 3 is 2.71 bits per heavy atom. The second-order valence-corrected chi connectivity index (χ2v) is 9.17. The molecule has 1 saturated heterocycles. The van der Waals surface area contributed by atoms with Gasteiger partial charge < -0.3 is 19.7 Å². The van der Waals surface area contributed by atoms with Gasteiger partial charge in [0.25, 0.3) is 0 Å². The number of benzene rings is 2. The highest BCUT2D eigenvalue weighted by Crippen LogP contribution is 2.21. The summed E-state index contributed by atoms with van der Waals surface area (Å²) in [6.45, 7) is 4.75. The molecule has 1 aromatic heterocycles. The van der Waals surface area contributed by atoms with Crippen LogP contribution in [0.4, 0.5) is 0 Å². The van der Waals surface area contributed by atoms with Crippen LogP contribution in [-0.2, 0) is 6.42 Å². The van der Waals surface area contributed by atoms with E-state index in [0.717, 1.165) is 70.6 Å². The molecule has 3 aromatic rings. The van der Waals surface area contributed by atoms with Gasteiger partial charge in [0.1, 0.15) is 5.75 Å². The molecule has 0 unspecified atom stereocenters. The summed E-state index contributed by atoms with van der Waals surface area (Å²) in [5.41, 5.74) is 2.61. The van der Waals surface area contributed by atoms with Crippen LogP contribution in [0, 0.1) is 0 Å². The number of piperidine rings is 1. The number of aryl methyl sites for hydroxylation is 1. The molecule has 0 radical (unpaired) electrons. The quantitative estimate of drug-likeness (QED) is 0.301. The third kappa shape index (κ3) is 6.74. The first-order chi connectivity index (χ1) is 15.3. The van der Waals surface area contributed by atoms with Crippen LogP contribution in [0.3, 0.4) is 0 Å². The van der Waals surface area contributed by atoms with Crippen molar-refractivity contribution in [2.75, 3.05) is 32.8 Å². The summed E-state index contributed by atoms with van der Waals surface area (Å²) >= 11 is 1.68. The second kappa shape index (κ2) is 11.6. The number of hydrogen-bond donors (Lipinski definition) is 3. The van der Waals surface area contributed by atoms with Crippen LogP contribution in [0.2, 0.25) is 0 Å². The number of hydrogen-bond acceptors (Lipinski definition) is 5. The average Bonchev–Trinajstić information content (AvgIpc) is 3.22. The SMILES string of the molecule is OC1CCN(CCCOc2ccc(SNCCCc3c[nH]c4ccccc34)cc2)CC1. The van der Waals surface area contributed by atoms with E-state index < -0.39 is 0 Å². The van der Waals surface area contributed by atoms with Gasteiger partial charge in [-0.3, -0.25) is 4.72 Å². The lowest BCUT2D eigenvalue weighted by Crippen LogP contribution is -2.36. The molecule has 2 aromatic carbocycles. The number of aromatic amines is 1. The van der Waals surface area contributed by atoms with Crippen LogP contribution in [0.1, 0.15) is 31.2 Å². The maximum absolute atomic E-state index is 9.57. The molecule has 0 aliphatic carbocycles. The summed E-state index contributed by atoms with van der Waals surface area (Å²) in [5.74, 6) is 0.928. The highest BCUT2D eigenvalue weighted by molar-refractivity contribution is 7.97. The van der Waals surface area contributed by atoms with E-state index in [2.05, 4.69) is 57.2 Å². The second-order valence-electron chi connectivity index (χ2n) is 8.21. The zero-order chi connectivity index (χ0) is 21.3. The van der Waals surface area contributed by atoms with Gasteiger partial charge in [0.15, 0.2) is 0 Å². The maximum Gasteiger partial charge on any atom is 0.119 e. The number of nitrogens with one attached hydrogen (secondary N) is 2. The Bertz CT molecular complexity index is 920. The van der Waals surface area contributed by atoms with E-state index in [0.29, 0.717) is 0 Å². The predicted molar refractivity (Wildman–Crippen MR) is 129 cm³/mol. The van der Waals surface area contributed by atoms with Crippen molar-refractivity contribution in [1.29, 1.82) is 0 Å². The molecule has 0 amide bonds. The van der Waals surface area contributed by atoms with E-state index in [1.807, 2.05) is 12.1 Å². The molecular formula is C25H33N3O2S. The zero-order valence-electron chi connectivity index (χ0n) is 18.1. The van der Waals surface area contributed by atoms with Crippen molar-refractivity contribution in [1.82, 2.24) is 14.6 Å². The molecular weight excluding hydrogens is 406 g/mol. The molecule has 1 aliphatic rings. The highest BCUT2D eigenvalue weighted by Gasteiger charge is 2.16. The molecule has 31 heavy (non-hydrogen) atoms. The van der Waals surface area contributed by atoms with Crippen LogP contribution < -0.4 is 9.46 Å². The predicted octanol–water partition coefficient (Wildman–Crippen LogP) is 4.62. The third-order valence-corrected chi connectivity index (χ3v) is 6.71. The van der Waals surface area contributed by atoms with E-state index in [1.165, 1.54) is 21.4 Å². The van der Waals surface area contributed by atoms with Crippen molar-refractivity contribution >= 4 is 22.9 Å². The standard InChI is InChI=1S/C25H33N3O2S/c29-21-12-16-28(17-13-21)15-4-18-30-22-8-10-23(11-9-22)31-27-14-3-5-20-19-26-25-7-2-1-6-24(20)25/h1-2,6-11,19,21,26-27,29H,3-5,12-18H2. The van der Waals surface area contributed by atoms with Crippen molar-refractivity contribution < 1.29 is 9.84 Å². The summed E-state index contributed by atoms with van der Waals surface area (Å²) in [5, 5.41) is 10.9. The fourth-order valence-corrected chi connectivity index (χ4v) is 4.73. The number of rotatable bonds is 11. The Balaban J connectivity index is 1.08. The van der Waals surface area contributed by atoms with Crippen molar-refractivity contribution in [3.8, 4) is 5.75 Å². The summed E-state index contributed by atoms with van der Waals surface area (Å²) in [7, 11) is 0. The molecule has 1 aliphatic heterocycles. The number of aromatic nitrogens is 1. The summed E-state index contributed by atoms with van der Waals surface area (Å²) in [6, 6.07) is 16.8. The summed E-state index contributed by atoms with van der Waals surface area (Å²) in [6.07, 6.45) is 7.03. The number of ether oxygens (including phenoxy) is 1. The van der Waals surface area contributed by atoms with Gasteiger partial charge in [0, 0.05) is 48.2 Å². The van der Waals surface area contributed by atoms with E-state index >= 15 is 0 Å². The van der Waals surface area contributed by atoms with Gasteiger partial charge in [-0.1, -0.05) is 18.2 Å². The number of H-pyrrole nitrogens is 1. The third-order valence-electron chi connectivity index (χ3n) is 5.86. The lowest BCUT2D eigenvalue weighted by molar-refractivity contribution is 0.0800. The number of likely N-dealkylation sites (tertiary alicyclic amines) is 1. The van der Waals surface area contributed by atoms with Gasteiger partial charge in [0.2, 0.25) is 0 Å². The van der Waals surface area contributed by atoms with E-state index in [4.69, 9.17) is 4.74 Å². The Kier molecular flexibility index (Phi) is 8.30. The Morgan fingerprint density at radius 1 is 1.06 bits per heavy atom. The molecule has 2 heterocycles. The normalized spacial score (nSPS) is 15.5. The van der Waals surface area contributed by atoms with Gasteiger partial charge >= 0.3 is 0 Å². The maximum atomic E-state index is 9.57. The molecule has 6 heteroatoms. The number of para-hydroxylation sites is 1. The Morgan fingerprint density at radius 2 is 1.87 bits per heavy atom. The fourth-order valence-electron chi connectivity index (χ4n) is 4.05. The smallest absolute Gasteiger partial charge is 0.119 e. The topological polar surface area (TPSA) is 60.5 Å². The van der Waals surface area contributed by atoms with E-state index in [9.17, 15) is 5.11 Å². The van der Waals surface area contributed by atoms with Crippen molar-refractivity contribution in [3.63, 3.8) is 0 Å². The fraction of sp³-hybridized carbons (Fsp3) is 0.440. The van der Waals surface area contributed by atoms with E-state index in [-0.39, 0.29) is 6.10 Å². The van der Waals surface area contributed by atoms with Gasteiger partial charge in [-0.15, -0.1) is 0 Å². The van der Waals surface area contributed by atoms with Crippen LogP contribution in [0.25, 0.3) is 10.9 Å². The van der Waals surface area contributed by atoms with Gasteiger partial charge in [0.05, 0.1) is 12.7 Å². The summed E-state index contributed by atoms with van der Waals surface area (Å²) < 4.78 is 9.35. The molecule has 5 nitrogen and oxygen atoms in total. The number of fused-ring (bicyclic) bond motifs is 1. The first-order valence-electron chi connectivity index (χ1n) is 11.4. The van der Waals surface area contributed by atoms with Crippen molar-refractivity contribution in [3.05, 3.63) is 60.3 Å². The molecule has 0 spiro atoms. The minimum absolute atomic E-state index is 0.0992. The Hall–Kier alpha value is -1.99. The van der Waals surface area contributed by atoms with Crippen LogP contribution >= 0.6 is 11.9 Å². The minimum atomic E-state index is -0.0992. The molecule has 4 rings (SSSR count). The first kappa shape index (κ1) is 22.2. The number of nitrogens with zero attached hydrogens (tertiary/aromatic N) is 1. The van der Waals surface area contributed by atoms with Gasteiger partial charge in [-0.2, -0.15) is 0 Å². The van der Waals surface area contributed by atoms with E-state index in [1.54, 1.807) is 11.9 Å². The molecule has 0 atom stereocenters. The van der Waals surface area contributed by atoms with Gasteiger partial charge in [-0.05, 0) is 79.9 Å². The molecule has 166 valence electrons. The lowest BCUT2D eigenvalue weighted by Gasteiger charge is -2.29. The molecule has 0 saturated carbocycles. The number of aliphatic hydroxyl groups is 1.